The van der Waals surface area contributed by atoms with Crippen LogP contribution < -0.4 is 0 Å². The van der Waals surface area contributed by atoms with E-state index >= 15 is 0 Å². The fourth-order valence-corrected chi connectivity index (χ4v) is 2.13. The average molecular weight is 262 g/mol. The number of rotatable bonds is 3. The van der Waals surface area contributed by atoms with Crippen LogP contribution in [-0.2, 0) is 0 Å². The van der Waals surface area contributed by atoms with Gasteiger partial charge in [0.25, 0.3) is 0 Å². The van der Waals surface area contributed by atoms with Crippen LogP contribution in [0.3, 0.4) is 0 Å². The van der Waals surface area contributed by atoms with E-state index in [9.17, 15) is 4.79 Å². The summed E-state index contributed by atoms with van der Waals surface area (Å²) >= 11 is 0. The summed E-state index contributed by atoms with van der Waals surface area (Å²) in [5.74, 6) is 0.998. The number of aryl methyl sites for hydroxylation is 1. The molecule has 0 aliphatic rings. The van der Waals surface area contributed by atoms with Crippen molar-refractivity contribution in [3.05, 3.63) is 77.8 Å². The molecule has 0 N–H and O–H groups in total. The van der Waals surface area contributed by atoms with Gasteiger partial charge in [-0.05, 0) is 47.5 Å². The first kappa shape index (κ1) is 12.4. The van der Waals surface area contributed by atoms with Crippen molar-refractivity contribution in [3.63, 3.8) is 0 Å². The van der Waals surface area contributed by atoms with Gasteiger partial charge in [-0.25, -0.2) is 0 Å². The molecule has 0 radical (unpaired) electrons. The second kappa shape index (κ2) is 5.17. The van der Waals surface area contributed by atoms with Crippen LogP contribution >= 0.6 is 0 Å². The standard InChI is InChI=1S/C18H14O2/c1-13-6-11-18(20-13)17(19)10-8-14-7-9-15-4-2-3-5-16(15)12-14/h2-12H,1H3. The van der Waals surface area contributed by atoms with Gasteiger partial charge in [-0.15, -0.1) is 0 Å². The number of hydrogen-bond acceptors (Lipinski definition) is 2. The zero-order valence-electron chi connectivity index (χ0n) is 11.2. The molecule has 0 atom stereocenters. The van der Waals surface area contributed by atoms with Crippen molar-refractivity contribution >= 4 is 22.6 Å². The zero-order chi connectivity index (χ0) is 13.9. The molecule has 0 saturated heterocycles. The van der Waals surface area contributed by atoms with E-state index in [1.54, 1.807) is 18.2 Å². The molecular weight excluding hydrogens is 248 g/mol. The van der Waals surface area contributed by atoms with Gasteiger partial charge in [0.05, 0.1) is 0 Å². The first-order valence-electron chi connectivity index (χ1n) is 6.50. The maximum Gasteiger partial charge on any atom is 0.221 e. The second-order valence-electron chi connectivity index (χ2n) is 4.71. The van der Waals surface area contributed by atoms with E-state index < -0.39 is 0 Å². The number of fused-ring (bicyclic) bond motifs is 1. The van der Waals surface area contributed by atoms with E-state index in [4.69, 9.17) is 4.42 Å². The van der Waals surface area contributed by atoms with E-state index in [1.165, 1.54) is 5.39 Å². The maximum absolute atomic E-state index is 11.9. The zero-order valence-corrected chi connectivity index (χ0v) is 11.2. The number of carbonyl (C=O) groups is 1. The second-order valence-corrected chi connectivity index (χ2v) is 4.71. The van der Waals surface area contributed by atoms with Gasteiger partial charge in [-0.1, -0.05) is 42.5 Å². The summed E-state index contributed by atoms with van der Waals surface area (Å²) in [5, 5.41) is 2.36. The third-order valence-electron chi connectivity index (χ3n) is 3.18. The first-order valence-corrected chi connectivity index (χ1v) is 6.50. The minimum Gasteiger partial charge on any atom is -0.458 e. The summed E-state index contributed by atoms with van der Waals surface area (Å²) in [7, 11) is 0. The number of hydrogen-bond donors (Lipinski definition) is 0. The van der Waals surface area contributed by atoms with E-state index in [-0.39, 0.29) is 5.78 Å². The average Bonchev–Trinajstić information content (AvgIpc) is 2.91. The molecule has 0 bridgehead atoms. The lowest BCUT2D eigenvalue weighted by molar-refractivity contribution is 0.102. The van der Waals surface area contributed by atoms with E-state index in [0.717, 1.165) is 16.7 Å². The largest absolute Gasteiger partial charge is 0.458 e. The van der Waals surface area contributed by atoms with Gasteiger partial charge in [0.1, 0.15) is 5.76 Å². The SMILES string of the molecule is Cc1ccc(C(=O)C=Cc2ccc3ccccc3c2)o1. The topological polar surface area (TPSA) is 30.2 Å². The molecule has 0 amide bonds. The Labute approximate surface area is 117 Å². The van der Waals surface area contributed by atoms with Crippen LogP contribution in [-0.4, -0.2) is 5.78 Å². The molecule has 2 aromatic carbocycles. The molecule has 0 spiro atoms. The number of allylic oxidation sites excluding steroid dienone is 1. The summed E-state index contributed by atoms with van der Waals surface area (Å²) in [6, 6.07) is 17.7. The molecule has 2 heteroatoms. The third kappa shape index (κ3) is 2.54. The Morgan fingerprint density at radius 2 is 1.80 bits per heavy atom. The van der Waals surface area contributed by atoms with Crippen molar-refractivity contribution in [2.45, 2.75) is 6.92 Å². The third-order valence-corrected chi connectivity index (χ3v) is 3.18. The molecule has 0 unspecified atom stereocenters. The minimum atomic E-state index is -0.119. The highest BCUT2D eigenvalue weighted by Crippen LogP contribution is 2.17. The van der Waals surface area contributed by atoms with Crippen molar-refractivity contribution in [2.24, 2.45) is 0 Å². The van der Waals surface area contributed by atoms with Gasteiger partial charge >= 0.3 is 0 Å². The lowest BCUT2D eigenvalue weighted by atomic mass is 10.1. The van der Waals surface area contributed by atoms with E-state index in [1.807, 2.05) is 31.2 Å². The molecule has 3 rings (SSSR count). The fourth-order valence-electron chi connectivity index (χ4n) is 2.13. The van der Waals surface area contributed by atoms with Crippen LogP contribution in [0.4, 0.5) is 0 Å². The number of ketones is 1. The van der Waals surface area contributed by atoms with E-state index in [0.29, 0.717) is 5.76 Å². The summed E-state index contributed by atoms with van der Waals surface area (Å²) < 4.78 is 5.30. The van der Waals surface area contributed by atoms with Gasteiger partial charge < -0.3 is 4.42 Å². The van der Waals surface area contributed by atoms with Crippen molar-refractivity contribution in [3.8, 4) is 0 Å². The van der Waals surface area contributed by atoms with Crippen LogP contribution in [0, 0.1) is 6.92 Å². The summed E-state index contributed by atoms with van der Waals surface area (Å²) in [6.45, 7) is 1.82. The first-order chi connectivity index (χ1) is 9.72. The van der Waals surface area contributed by atoms with Crippen molar-refractivity contribution in [2.75, 3.05) is 0 Å². The Kier molecular flexibility index (Phi) is 3.21. The highest BCUT2D eigenvalue weighted by molar-refractivity contribution is 6.05. The van der Waals surface area contributed by atoms with Gasteiger partial charge in [0, 0.05) is 0 Å². The number of benzene rings is 2. The number of furan rings is 1. The van der Waals surface area contributed by atoms with Gasteiger partial charge in [-0.3, -0.25) is 4.79 Å². The van der Waals surface area contributed by atoms with Crippen LogP contribution in [0.1, 0.15) is 21.9 Å². The van der Waals surface area contributed by atoms with Crippen LogP contribution in [0.15, 0.2) is 65.1 Å². The van der Waals surface area contributed by atoms with Gasteiger partial charge in [0.15, 0.2) is 5.76 Å². The van der Waals surface area contributed by atoms with Crippen molar-refractivity contribution < 1.29 is 9.21 Å². The summed E-state index contributed by atoms with van der Waals surface area (Å²) in [5.41, 5.74) is 1.00. The molecule has 1 heterocycles. The highest BCUT2D eigenvalue weighted by atomic mass is 16.3. The van der Waals surface area contributed by atoms with Gasteiger partial charge in [0.2, 0.25) is 5.78 Å². The van der Waals surface area contributed by atoms with Crippen LogP contribution in [0.5, 0.6) is 0 Å². The number of carbonyl (C=O) groups excluding carboxylic acids is 1. The van der Waals surface area contributed by atoms with Crippen LogP contribution in [0.25, 0.3) is 16.8 Å². The molecule has 2 nitrogen and oxygen atoms in total. The quantitative estimate of drug-likeness (QED) is 0.508. The van der Waals surface area contributed by atoms with Crippen LogP contribution in [0.2, 0.25) is 0 Å². The highest BCUT2D eigenvalue weighted by Gasteiger charge is 2.05. The normalized spacial score (nSPS) is 11.2. The lowest BCUT2D eigenvalue weighted by Gasteiger charge is -1.98. The maximum atomic E-state index is 11.9. The molecule has 98 valence electrons. The molecular formula is C18H14O2. The predicted octanol–water partition coefficient (Wildman–Crippen LogP) is 4.64. The molecule has 3 aromatic rings. The molecule has 20 heavy (non-hydrogen) atoms. The molecule has 0 saturated carbocycles. The summed E-state index contributed by atoms with van der Waals surface area (Å²) in [6.07, 6.45) is 3.36. The Bertz CT molecular complexity index is 794. The Balaban J connectivity index is 1.85. The lowest BCUT2D eigenvalue weighted by Crippen LogP contribution is -1.90. The smallest absolute Gasteiger partial charge is 0.221 e. The molecule has 0 fully saturated rings. The Morgan fingerprint density at radius 1 is 1.00 bits per heavy atom. The minimum absolute atomic E-state index is 0.119. The predicted molar refractivity (Wildman–Crippen MR) is 80.8 cm³/mol. The molecule has 0 aliphatic heterocycles. The van der Waals surface area contributed by atoms with Crippen molar-refractivity contribution in [1.82, 2.24) is 0 Å². The van der Waals surface area contributed by atoms with Gasteiger partial charge in [-0.2, -0.15) is 0 Å². The Hall–Kier alpha value is -2.61. The Morgan fingerprint density at radius 3 is 2.55 bits per heavy atom. The summed E-state index contributed by atoms with van der Waals surface area (Å²) in [4.78, 5) is 11.9. The molecule has 1 aromatic heterocycles. The van der Waals surface area contributed by atoms with Crippen molar-refractivity contribution in [1.29, 1.82) is 0 Å². The molecule has 0 aliphatic carbocycles. The van der Waals surface area contributed by atoms with E-state index in [2.05, 4.69) is 24.3 Å². The fraction of sp³-hybridized carbons (Fsp3) is 0.0556. The monoisotopic (exact) mass is 262 g/mol.